The Hall–Kier alpha value is -1.81. The zero-order valence-corrected chi connectivity index (χ0v) is 10.2. The third kappa shape index (κ3) is 2.24. The molecule has 1 aromatic heterocycles. The molecule has 4 heteroatoms. The van der Waals surface area contributed by atoms with Gasteiger partial charge >= 0.3 is 0 Å². The predicted octanol–water partition coefficient (Wildman–Crippen LogP) is 2.89. The zero-order chi connectivity index (χ0) is 13.3. The molecule has 0 aliphatic carbocycles. The molecule has 0 amide bonds. The van der Waals surface area contributed by atoms with E-state index in [-0.39, 0.29) is 0 Å². The van der Waals surface area contributed by atoms with E-state index in [2.05, 4.69) is 4.98 Å². The maximum atomic E-state index is 13.8. The highest BCUT2D eigenvalue weighted by Gasteiger charge is 2.28. The SMILES string of the molecule is Cc1ccc(F)c(C(C)(N)c2ccc(F)cn2)c1. The predicted molar refractivity (Wildman–Crippen MR) is 66.0 cm³/mol. The van der Waals surface area contributed by atoms with Gasteiger partial charge in [-0.05, 0) is 32.0 Å². The van der Waals surface area contributed by atoms with Gasteiger partial charge in [-0.25, -0.2) is 8.78 Å². The molecule has 0 fully saturated rings. The fourth-order valence-corrected chi connectivity index (χ4v) is 1.86. The summed E-state index contributed by atoms with van der Waals surface area (Å²) >= 11 is 0. The molecule has 2 N–H and O–H groups in total. The highest BCUT2D eigenvalue weighted by atomic mass is 19.1. The van der Waals surface area contributed by atoms with Crippen LogP contribution in [0.15, 0.2) is 36.5 Å². The number of rotatable bonds is 2. The third-order valence-electron chi connectivity index (χ3n) is 2.94. The van der Waals surface area contributed by atoms with Crippen LogP contribution in [0.1, 0.15) is 23.7 Å². The van der Waals surface area contributed by atoms with Crippen LogP contribution in [0.25, 0.3) is 0 Å². The Kier molecular flexibility index (Phi) is 3.13. The summed E-state index contributed by atoms with van der Waals surface area (Å²) in [5, 5.41) is 0. The van der Waals surface area contributed by atoms with Crippen molar-refractivity contribution in [2.45, 2.75) is 19.4 Å². The van der Waals surface area contributed by atoms with Crippen molar-refractivity contribution >= 4 is 0 Å². The summed E-state index contributed by atoms with van der Waals surface area (Å²) < 4.78 is 26.7. The van der Waals surface area contributed by atoms with E-state index in [4.69, 9.17) is 5.73 Å². The fraction of sp³-hybridized carbons (Fsp3) is 0.214. The molecule has 0 bridgehead atoms. The molecule has 2 nitrogen and oxygen atoms in total. The van der Waals surface area contributed by atoms with Gasteiger partial charge in [-0.15, -0.1) is 0 Å². The van der Waals surface area contributed by atoms with Gasteiger partial charge in [0.25, 0.3) is 0 Å². The summed E-state index contributed by atoms with van der Waals surface area (Å²) in [5.74, 6) is -0.837. The van der Waals surface area contributed by atoms with Gasteiger partial charge in [0.15, 0.2) is 0 Å². The first-order valence-electron chi connectivity index (χ1n) is 5.59. The Bertz CT molecular complexity index is 563. The number of nitrogens with two attached hydrogens (primary N) is 1. The molecule has 18 heavy (non-hydrogen) atoms. The van der Waals surface area contributed by atoms with Crippen molar-refractivity contribution in [1.82, 2.24) is 4.98 Å². The molecule has 94 valence electrons. The van der Waals surface area contributed by atoms with Gasteiger partial charge in [0.2, 0.25) is 0 Å². The van der Waals surface area contributed by atoms with E-state index < -0.39 is 17.2 Å². The fourth-order valence-electron chi connectivity index (χ4n) is 1.86. The third-order valence-corrected chi connectivity index (χ3v) is 2.94. The summed E-state index contributed by atoms with van der Waals surface area (Å²) in [6.45, 7) is 3.52. The molecule has 1 unspecified atom stereocenters. The van der Waals surface area contributed by atoms with Gasteiger partial charge in [0, 0.05) is 5.56 Å². The van der Waals surface area contributed by atoms with Gasteiger partial charge < -0.3 is 5.73 Å². The quantitative estimate of drug-likeness (QED) is 0.887. The van der Waals surface area contributed by atoms with E-state index in [0.29, 0.717) is 11.3 Å². The first-order valence-corrected chi connectivity index (χ1v) is 5.59. The minimum atomic E-state index is -1.09. The Balaban J connectivity index is 2.53. The van der Waals surface area contributed by atoms with E-state index in [1.54, 1.807) is 19.1 Å². The van der Waals surface area contributed by atoms with Crippen LogP contribution in [0.5, 0.6) is 0 Å². The number of aryl methyl sites for hydroxylation is 1. The highest BCUT2D eigenvalue weighted by molar-refractivity contribution is 5.36. The van der Waals surface area contributed by atoms with E-state index in [1.807, 2.05) is 6.92 Å². The average molecular weight is 248 g/mol. The topological polar surface area (TPSA) is 38.9 Å². The number of hydrogen-bond acceptors (Lipinski definition) is 2. The van der Waals surface area contributed by atoms with E-state index in [0.717, 1.165) is 11.8 Å². The van der Waals surface area contributed by atoms with Crippen LogP contribution in [-0.2, 0) is 5.54 Å². The average Bonchev–Trinajstić information content (AvgIpc) is 2.32. The van der Waals surface area contributed by atoms with Crippen molar-refractivity contribution < 1.29 is 8.78 Å². The van der Waals surface area contributed by atoms with Crippen molar-refractivity contribution in [2.75, 3.05) is 0 Å². The molecule has 0 saturated heterocycles. The molecular weight excluding hydrogens is 234 g/mol. The Morgan fingerprint density at radius 1 is 1.17 bits per heavy atom. The molecule has 0 radical (unpaired) electrons. The first-order chi connectivity index (χ1) is 8.41. The molecule has 1 heterocycles. The zero-order valence-electron chi connectivity index (χ0n) is 10.2. The van der Waals surface area contributed by atoms with Crippen LogP contribution in [0.4, 0.5) is 8.78 Å². The Labute approximate surface area is 104 Å². The van der Waals surface area contributed by atoms with E-state index in [9.17, 15) is 8.78 Å². The largest absolute Gasteiger partial charge is 0.317 e. The molecule has 0 saturated carbocycles. The Morgan fingerprint density at radius 3 is 2.50 bits per heavy atom. The van der Waals surface area contributed by atoms with Crippen LogP contribution in [0.3, 0.4) is 0 Å². The summed E-state index contributed by atoms with van der Waals surface area (Å²) in [6, 6.07) is 7.46. The van der Waals surface area contributed by atoms with Crippen molar-refractivity contribution in [2.24, 2.45) is 5.73 Å². The molecule has 1 aromatic carbocycles. The normalized spacial score (nSPS) is 14.3. The van der Waals surface area contributed by atoms with Gasteiger partial charge in [-0.2, -0.15) is 0 Å². The molecular formula is C14H14F2N2. The highest BCUT2D eigenvalue weighted by Crippen LogP contribution is 2.27. The van der Waals surface area contributed by atoms with Crippen LogP contribution in [0, 0.1) is 18.6 Å². The Morgan fingerprint density at radius 2 is 1.89 bits per heavy atom. The molecule has 0 aliphatic rings. The first kappa shape index (κ1) is 12.6. The molecule has 0 spiro atoms. The molecule has 1 atom stereocenters. The summed E-state index contributed by atoms with van der Waals surface area (Å²) in [4.78, 5) is 3.93. The van der Waals surface area contributed by atoms with E-state index in [1.165, 1.54) is 18.2 Å². The second kappa shape index (κ2) is 4.46. The van der Waals surface area contributed by atoms with Crippen LogP contribution in [0.2, 0.25) is 0 Å². The van der Waals surface area contributed by atoms with Gasteiger partial charge in [0.05, 0.1) is 17.4 Å². The number of aromatic nitrogens is 1. The lowest BCUT2D eigenvalue weighted by atomic mass is 9.88. The smallest absolute Gasteiger partial charge is 0.141 e. The van der Waals surface area contributed by atoms with Gasteiger partial charge in [-0.1, -0.05) is 17.7 Å². The van der Waals surface area contributed by atoms with Crippen molar-refractivity contribution in [1.29, 1.82) is 0 Å². The van der Waals surface area contributed by atoms with Crippen LogP contribution < -0.4 is 5.73 Å². The van der Waals surface area contributed by atoms with E-state index >= 15 is 0 Å². The number of halogens is 2. The van der Waals surface area contributed by atoms with Gasteiger partial charge in [-0.3, -0.25) is 4.98 Å². The van der Waals surface area contributed by atoms with Crippen molar-refractivity contribution in [3.8, 4) is 0 Å². The van der Waals surface area contributed by atoms with Crippen LogP contribution in [-0.4, -0.2) is 4.98 Å². The van der Waals surface area contributed by atoms with Crippen LogP contribution >= 0.6 is 0 Å². The number of nitrogens with zero attached hydrogens (tertiary/aromatic N) is 1. The summed E-state index contributed by atoms with van der Waals surface area (Å²) in [6.07, 6.45) is 1.08. The second-order valence-electron chi connectivity index (χ2n) is 4.55. The summed E-state index contributed by atoms with van der Waals surface area (Å²) in [7, 11) is 0. The van der Waals surface area contributed by atoms with Crippen molar-refractivity contribution in [3.63, 3.8) is 0 Å². The summed E-state index contributed by atoms with van der Waals surface area (Å²) in [5.41, 5.74) is 6.74. The monoisotopic (exact) mass is 248 g/mol. The number of hydrogen-bond donors (Lipinski definition) is 1. The molecule has 0 aliphatic heterocycles. The lowest BCUT2D eigenvalue weighted by Crippen LogP contribution is -2.36. The minimum Gasteiger partial charge on any atom is -0.317 e. The van der Waals surface area contributed by atoms with Gasteiger partial charge in [0.1, 0.15) is 11.6 Å². The minimum absolute atomic E-state index is 0.349. The second-order valence-corrected chi connectivity index (χ2v) is 4.55. The molecule has 2 rings (SSSR count). The maximum absolute atomic E-state index is 13.8. The number of benzene rings is 1. The lowest BCUT2D eigenvalue weighted by Gasteiger charge is -2.25. The number of pyridine rings is 1. The lowest BCUT2D eigenvalue weighted by molar-refractivity contribution is 0.516. The molecule has 2 aromatic rings. The van der Waals surface area contributed by atoms with Crippen molar-refractivity contribution in [3.05, 3.63) is 65.0 Å². The standard InChI is InChI=1S/C14H14F2N2/c1-9-3-5-12(16)11(7-9)14(2,17)13-6-4-10(15)8-18-13/h3-8H,17H2,1-2H3. The maximum Gasteiger partial charge on any atom is 0.141 e.